The van der Waals surface area contributed by atoms with Crippen LogP contribution in [0.5, 0.6) is 5.75 Å². The van der Waals surface area contributed by atoms with Gasteiger partial charge in [-0.25, -0.2) is 0 Å². The first-order valence-corrected chi connectivity index (χ1v) is 11.4. The molecule has 1 aliphatic heterocycles. The summed E-state index contributed by atoms with van der Waals surface area (Å²) in [5.74, 6) is 0.0752. The fourth-order valence-electron chi connectivity index (χ4n) is 3.60. The molecule has 0 aliphatic carbocycles. The number of carbonyl (C=O) groups is 2. The average molecular weight is 480 g/mol. The Morgan fingerprint density at radius 1 is 1.14 bits per heavy atom. The summed E-state index contributed by atoms with van der Waals surface area (Å²) >= 11 is 0. The summed E-state index contributed by atoms with van der Waals surface area (Å²) in [5.41, 5.74) is 7.96. The quantitative estimate of drug-likeness (QED) is 0.416. The van der Waals surface area contributed by atoms with Gasteiger partial charge in [0.15, 0.2) is 6.61 Å². The van der Waals surface area contributed by atoms with Crippen LogP contribution in [0.25, 0.3) is 0 Å². The zero-order chi connectivity index (χ0) is 24.6. The molecule has 3 aromatic rings. The Morgan fingerprint density at radius 2 is 1.94 bits per heavy atom. The van der Waals surface area contributed by atoms with Crippen LogP contribution >= 0.6 is 0 Å². The second-order valence-corrected chi connectivity index (χ2v) is 8.13. The number of aryl methyl sites for hydroxylation is 1. The van der Waals surface area contributed by atoms with Crippen molar-refractivity contribution in [2.75, 3.05) is 57.1 Å². The highest BCUT2D eigenvalue weighted by Gasteiger charge is 2.16. The molecule has 0 bridgehead atoms. The zero-order valence-electron chi connectivity index (χ0n) is 19.6. The number of nitrogen functional groups attached to an aromatic ring is 1. The maximum atomic E-state index is 12.7. The normalized spacial score (nSPS) is 13.9. The second-order valence-electron chi connectivity index (χ2n) is 8.13. The van der Waals surface area contributed by atoms with E-state index in [9.17, 15) is 9.59 Å². The first kappa shape index (κ1) is 24.2. The van der Waals surface area contributed by atoms with Gasteiger partial charge in [-0.1, -0.05) is 23.8 Å². The molecule has 0 atom stereocenters. The molecule has 4 rings (SSSR count). The van der Waals surface area contributed by atoms with Gasteiger partial charge < -0.3 is 25.8 Å². The molecule has 1 aromatic heterocycles. The third kappa shape index (κ3) is 6.78. The van der Waals surface area contributed by atoms with Crippen LogP contribution in [0.3, 0.4) is 0 Å². The van der Waals surface area contributed by atoms with Crippen molar-refractivity contribution in [3.63, 3.8) is 0 Å². The number of morpholine rings is 1. The lowest BCUT2D eigenvalue weighted by Gasteiger charge is -2.26. The molecule has 1 amide bonds. The van der Waals surface area contributed by atoms with Crippen LogP contribution in [0.2, 0.25) is 0 Å². The SMILES string of the molecule is Cc1cccc(C(=O)n2nc(Nc3cccc(OCC(=O)NCCN4CCOCC4)c3)nc2N)c1. The molecular weight excluding hydrogens is 450 g/mol. The maximum absolute atomic E-state index is 12.7. The van der Waals surface area contributed by atoms with Crippen molar-refractivity contribution in [1.82, 2.24) is 25.0 Å². The van der Waals surface area contributed by atoms with Crippen molar-refractivity contribution in [2.24, 2.45) is 0 Å². The van der Waals surface area contributed by atoms with Crippen molar-refractivity contribution in [3.05, 3.63) is 59.7 Å². The number of anilines is 3. The highest BCUT2D eigenvalue weighted by molar-refractivity contribution is 5.97. The summed E-state index contributed by atoms with van der Waals surface area (Å²) < 4.78 is 12.0. The van der Waals surface area contributed by atoms with Gasteiger partial charge in [0, 0.05) is 43.5 Å². The number of nitrogens with zero attached hydrogens (tertiary/aromatic N) is 4. The summed E-state index contributed by atoms with van der Waals surface area (Å²) in [6.07, 6.45) is 0. The summed E-state index contributed by atoms with van der Waals surface area (Å²) in [5, 5.41) is 10.1. The standard InChI is InChI=1S/C24H29N7O4/c1-17-4-2-5-18(14-17)22(33)31-23(25)28-24(29-31)27-19-6-3-7-20(15-19)35-16-21(32)26-8-9-30-10-12-34-13-11-30/h2-7,14-15H,8-13,16H2,1H3,(H,26,32)(H3,25,27,28,29). The summed E-state index contributed by atoms with van der Waals surface area (Å²) in [4.78, 5) is 31.2. The molecule has 11 heteroatoms. The number of benzene rings is 2. The van der Waals surface area contributed by atoms with Gasteiger partial charge in [-0.3, -0.25) is 14.5 Å². The Kier molecular flexibility index (Phi) is 7.91. The van der Waals surface area contributed by atoms with Crippen molar-refractivity contribution in [1.29, 1.82) is 0 Å². The van der Waals surface area contributed by atoms with Crippen LogP contribution in [0.15, 0.2) is 48.5 Å². The fraction of sp³-hybridized carbons (Fsp3) is 0.333. The number of nitrogens with one attached hydrogen (secondary N) is 2. The van der Waals surface area contributed by atoms with Gasteiger partial charge in [0.25, 0.3) is 11.8 Å². The van der Waals surface area contributed by atoms with Gasteiger partial charge in [0.2, 0.25) is 11.9 Å². The first-order chi connectivity index (χ1) is 17.0. The van der Waals surface area contributed by atoms with E-state index >= 15 is 0 Å². The Morgan fingerprint density at radius 3 is 2.74 bits per heavy atom. The molecule has 1 fully saturated rings. The second kappa shape index (κ2) is 11.4. The highest BCUT2D eigenvalue weighted by Crippen LogP contribution is 2.21. The largest absolute Gasteiger partial charge is 0.484 e. The van der Waals surface area contributed by atoms with E-state index in [1.807, 2.05) is 13.0 Å². The minimum Gasteiger partial charge on any atom is -0.484 e. The molecule has 0 saturated carbocycles. The van der Waals surface area contributed by atoms with E-state index in [2.05, 4.69) is 25.6 Å². The summed E-state index contributed by atoms with van der Waals surface area (Å²) in [7, 11) is 0. The van der Waals surface area contributed by atoms with E-state index in [-0.39, 0.29) is 30.3 Å². The number of carbonyl (C=O) groups excluding carboxylic acids is 2. The smallest absolute Gasteiger partial charge is 0.281 e. The molecule has 2 aromatic carbocycles. The van der Waals surface area contributed by atoms with Crippen molar-refractivity contribution < 1.29 is 19.1 Å². The van der Waals surface area contributed by atoms with Gasteiger partial charge in [0.1, 0.15) is 5.75 Å². The summed E-state index contributed by atoms with van der Waals surface area (Å²) in [6, 6.07) is 14.2. The molecule has 0 unspecified atom stereocenters. The van der Waals surface area contributed by atoms with E-state index < -0.39 is 0 Å². The lowest BCUT2D eigenvalue weighted by atomic mass is 10.1. The molecule has 4 N–H and O–H groups in total. The van der Waals surface area contributed by atoms with E-state index in [4.69, 9.17) is 15.2 Å². The molecule has 0 radical (unpaired) electrons. The molecule has 184 valence electrons. The van der Waals surface area contributed by atoms with Crippen LogP contribution in [0.4, 0.5) is 17.6 Å². The first-order valence-electron chi connectivity index (χ1n) is 11.4. The number of rotatable bonds is 9. The minimum atomic E-state index is -0.372. The number of hydrogen-bond donors (Lipinski definition) is 3. The van der Waals surface area contributed by atoms with E-state index in [0.717, 1.165) is 43.1 Å². The van der Waals surface area contributed by atoms with Gasteiger partial charge >= 0.3 is 0 Å². The Hall–Kier alpha value is -3.96. The third-order valence-electron chi connectivity index (χ3n) is 5.40. The molecule has 0 spiro atoms. The van der Waals surface area contributed by atoms with Crippen LogP contribution < -0.4 is 21.1 Å². The number of aromatic nitrogens is 3. The van der Waals surface area contributed by atoms with Crippen molar-refractivity contribution in [3.8, 4) is 5.75 Å². The predicted octanol–water partition coefficient (Wildman–Crippen LogP) is 1.43. The molecule has 1 aliphatic rings. The van der Waals surface area contributed by atoms with E-state index in [1.54, 1.807) is 42.5 Å². The van der Waals surface area contributed by atoms with Gasteiger partial charge in [-0.15, -0.1) is 5.10 Å². The zero-order valence-corrected chi connectivity index (χ0v) is 19.6. The average Bonchev–Trinajstić information content (AvgIpc) is 3.23. The molecule has 35 heavy (non-hydrogen) atoms. The van der Waals surface area contributed by atoms with Crippen LogP contribution in [-0.4, -0.2) is 77.5 Å². The van der Waals surface area contributed by atoms with Gasteiger partial charge in [-0.05, 0) is 31.2 Å². The fourth-order valence-corrected chi connectivity index (χ4v) is 3.60. The van der Waals surface area contributed by atoms with Crippen molar-refractivity contribution in [2.45, 2.75) is 6.92 Å². The molecule has 2 heterocycles. The Balaban J connectivity index is 1.29. The number of nitrogens with two attached hydrogens (primary N) is 1. The number of hydrogen-bond acceptors (Lipinski definition) is 9. The monoisotopic (exact) mass is 479 g/mol. The molecular formula is C24H29N7O4. The third-order valence-corrected chi connectivity index (χ3v) is 5.40. The maximum Gasteiger partial charge on any atom is 0.281 e. The van der Waals surface area contributed by atoms with Crippen molar-refractivity contribution >= 4 is 29.4 Å². The predicted molar refractivity (Wildman–Crippen MR) is 131 cm³/mol. The molecule has 11 nitrogen and oxygen atoms in total. The van der Waals surface area contributed by atoms with Crippen LogP contribution in [0.1, 0.15) is 15.9 Å². The minimum absolute atomic E-state index is 0.0276. The van der Waals surface area contributed by atoms with Crippen LogP contribution in [0, 0.1) is 6.92 Å². The Labute approximate surface area is 203 Å². The van der Waals surface area contributed by atoms with Gasteiger partial charge in [-0.2, -0.15) is 9.67 Å². The van der Waals surface area contributed by atoms with Crippen LogP contribution in [-0.2, 0) is 9.53 Å². The number of ether oxygens (including phenoxy) is 2. The number of amides is 1. The molecule has 1 saturated heterocycles. The lowest BCUT2D eigenvalue weighted by Crippen LogP contribution is -2.42. The topological polar surface area (TPSA) is 137 Å². The van der Waals surface area contributed by atoms with Gasteiger partial charge in [0.05, 0.1) is 13.2 Å². The highest BCUT2D eigenvalue weighted by atomic mass is 16.5. The lowest BCUT2D eigenvalue weighted by molar-refractivity contribution is -0.123. The summed E-state index contributed by atoms with van der Waals surface area (Å²) in [6.45, 7) is 6.36. The van der Waals surface area contributed by atoms with E-state index in [1.165, 1.54) is 0 Å². The van der Waals surface area contributed by atoms with E-state index in [0.29, 0.717) is 23.5 Å². The Bertz CT molecular complexity index is 1170.